The number of hydrogen-bond donors (Lipinski definition) is 2. The number of rotatable bonds is 5. The fourth-order valence-corrected chi connectivity index (χ4v) is 4.09. The molecule has 0 aliphatic heterocycles. The topological polar surface area (TPSA) is 87.2 Å². The zero-order valence-corrected chi connectivity index (χ0v) is 10.8. The molecule has 0 heterocycles. The van der Waals surface area contributed by atoms with E-state index in [1.54, 1.807) is 14.0 Å². The lowest BCUT2D eigenvalue weighted by molar-refractivity contribution is 0.389. The molecular weight excluding hydrogens is 226 g/mol. The second kappa shape index (κ2) is 5.14. The Morgan fingerprint density at radius 2 is 2.00 bits per heavy atom. The Balaban J connectivity index is 2.70. The molecule has 0 saturated heterocycles. The van der Waals surface area contributed by atoms with E-state index < -0.39 is 10.0 Å². The monoisotopic (exact) mass is 247 g/mol. The highest BCUT2D eigenvalue weighted by atomic mass is 32.2. The van der Waals surface area contributed by atoms with Crippen LogP contribution in [0.3, 0.4) is 0 Å². The van der Waals surface area contributed by atoms with Crippen molar-refractivity contribution in [2.45, 2.75) is 50.3 Å². The number of nitrogens with zero attached hydrogens (tertiary/aromatic N) is 1. The Hall–Kier alpha value is -0.620. The van der Waals surface area contributed by atoms with E-state index in [1.807, 2.05) is 0 Å². The molecule has 0 bridgehead atoms. The quantitative estimate of drug-likeness (QED) is 0.559. The summed E-state index contributed by atoms with van der Waals surface area (Å²) in [6, 6.07) is -0.233. The third kappa shape index (κ3) is 2.95. The van der Waals surface area contributed by atoms with Crippen LogP contribution in [-0.2, 0) is 10.0 Å². The standard InChI is InChI=1S/C10H21N3O2S/c1-8(7-10(11)12)13(2)16(14,15)9-5-3-4-6-9/h8-9H,3-7H2,1-2H3,(H3,11,12). The van der Waals surface area contributed by atoms with Gasteiger partial charge in [0, 0.05) is 19.5 Å². The highest BCUT2D eigenvalue weighted by Crippen LogP contribution is 2.27. The van der Waals surface area contributed by atoms with Gasteiger partial charge in [0.05, 0.1) is 11.1 Å². The predicted molar refractivity (Wildman–Crippen MR) is 64.9 cm³/mol. The minimum atomic E-state index is -3.20. The van der Waals surface area contributed by atoms with Gasteiger partial charge in [-0.1, -0.05) is 12.8 Å². The summed E-state index contributed by atoms with van der Waals surface area (Å²) in [6.45, 7) is 1.79. The van der Waals surface area contributed by atoms with Crippen molar-refractivity contribution in [2.75, 3.05) is 7.05 Å². The van der Waals surface area contributed by atoms with E-state index in [0.717, 1.165) is 25.7 Å². The zero-order valence-electron chi connectivity index (χ0n) is 9.94. The lowest BCUT2D eigenvalue weighted by Crippen LogP contribution is -2.42. The van der Waals surface area contributed by atoms with Gasteiger partial charge < -0.3 is 5.73 Å². The average Bonchev–Trinajstić information content (AvgIpc) is 2.68. The molecule has 3 N–H and O–H groups in total. The summed E-state index contributed by atoms with van der Waals surface area (Å²) in [7, 11) is -1.62. The first-order chi connectivity index (χ1) is 7.35. The van der Waals surface area contributed by atoms with Crippen LogP contribution in [0, 0.1) is 5.41 Å². The van der Waals surface area contributed by atoms with E-state index in [-0.39, 0.29) is 17.1 Å². The van der Waals surface area contributed by atoms with Crippen molar-refractivity contribution in [3.05, 3.63) is 0 Å². The van der Waals surface area contributed by atoms with Crippen molar-refractivity contribution in [3.8, 4) is 0 Å². The molecule has 1 aliphatic carbocycles. The maximum atomic E-state index is 12.2. The molecule has 0 radical (unpaired) electrons. The van der Waals surface area contributed by atoms with Crippen molar-refractivity contribution in [3.63, 3.8) is 0 Å². The first-order valence-corrected chi connectivity index (χ1v) is 7.15. The first kappa shape index (κ1) is 13.4. The van der Waals surface area contributed by atoms with Crippen LogP contribution in [0.2, 0.25) is 0 Å². The lowest BCUT2D eigenvalue weighted by atomic mass is 10.2. The van der Waals surface area contributed by atoms with E-state index in [2.05, 4.69) is 0 Å². The minimum Gasteiger partial charge on any atom is -0.388 e. The molecule has 0 aromatic heterocycles. The normalized spacial score (nSPS) is 20.2. The Morgan fingerprint density at radius 1 is 1.50 bits per heavy atom. The number of nitrogens with one attached hydrogen (secondary N) is 1. The molecule has 1 fully saturated rings. The highest BCUT2D eigenvalue weighted by Gasteiger charge is 2.34. The summed E-state index contributed by atoms with van der Waals surface area (Å²) in [5, 5.41) is 6.96. The molecule has 1 atom stereocenters. The van der Waals surface area contributed by atoms with Gasteiger partial charge in [-0.05, 0) is 19.8 Å². The van der Waals surface area contributed by atoms with Crippen molar-refractivity contribution in [1.82, 2.24) is 4.31 Å². The highest BCUT2D eigenvalue weighted by molar-refractivity contribution is 7.89. The van der Waals surface area contributed by atoms with E-state index in [4.69, 9.17) is 11.1 Å². The van der Waals surface area contributed by atoms with Crippen LogP contribution in [0.15, 0.2) is 0 Å². The molecule has 1 unspecified atom stereocenters. The van der Waals surface area contributed by atoms with Gasteiger partial charge in [-0.3, -0.25) is 5.41 Å². The summed E-state index contributed by atoms with van der Waals surface area (Å²) in [5.74, 6) is 0.0287. The second-order valence-corrected chi connectivity index (χ2v) is 6.82. The fourth-order valence-electron chi connectivity index (χ4n) is 2.12. The van der Waals surface area contributed by atoms with Crippen LogP contribution in [0.4, 0.5) is 0 Å². The van der Waals surface area contributed by atoms with E-state index in [1.165, 1.54) is 4.31 Å². The summed E-state index contributed by atoms with van der Waals surface area (Å²) < 4.78 is 25.7. The van der Waals surface area contributed by atoms with Crippen molar-refractivity contribution >= 4 is 15.9 Å². The van der Waals surface area contributed by atoms with Crippen LogP contribution in [0.5, 0.6) is 0 Å². The Bertz CT molecular complexity index is 347. The van der Waals surface area contributed by atoms with Gasteiger partial charge in [0.1, 0.15) is 0 Å². The largest absolute Gasteiger partial charge is 0.388 e. The van der Waals surface area contributed by atoms with Crippen molar-refractivity contribution in [2.24, 2.45) is 5.73 Å². The van der Waals surface area contributed by atoms with E-state index in [9.17, 15) is 8.42 Å². The summed E-state index contributed by atoms with van der Waals surface area (Å²) in [5.41, 5.74) is 5.29. The van der Waals surface area contributed by atoms with Gasteiger partial charge >= 0.3 is 0 Å². The van der Waals surface area contributed by atoms with Crippen LogP contribution in [-0.4, -0.2) is 36.9 Å². The molecule has 1 saturated carbocycles. The molecule has 0 spiro atoms. The van der Waals surface area contributed by atoms with Crippen LogP contribution in [0.1, 0.15) is 39.0 Å². The Kier molecular flexibility index (Phi) is 4.32. The van der Waals surface area contributed by atoms with Gasteiger partial charge in [0.25, 0.3) is 0 Å². The smallest absolute Gasteiger partial charge is 0.216 e. The first-order valence-electron chi connectivity index (χ1n) is 5.65. The van der Waals surface area contributed by atoms with Crippen molar-refractivity contribution < 1.29 is 8.42 Å². The molecule has 0 aromatic carbocycles. The molecule has 6 heteroatoms. The maximum Gasteiger partial charge on any atom is 0.216 e. The second-order valence-electron chi connectivity index (χ2n) is 4.55. The molecule has 94 valence electrons. The Labute approximate surface area is 97.6 Å². The van der Waals surface area contributed by atoms with Gasteiger partial charge in [0.15, 0.2) is 0 Å². The van der Waals surface area contributed by atoms with E-state index in [0.29, 0.717) is 6.42 Å². The molecule has 0 aromatic rings. The molecule has 5 nitrogen and oxygen atoms in total. The van der Waals surface area contributed by atoms with E-state index >= 15 is 0 Å². The number of hydrogen-bond acceptors (Lipinski definition) is 3. The van der Waals surface area contributed by atoms with Crippen LogP contribution >= 0.6 is 0 Å². The molecule has 1 rings (SSSR count). The SMILES string of the molecule is CC(CC(=N)N)N(C)S(=O)(=O)C1CCCC1. The summed E-state index contributed by atoms with van der Waals surface area (Å²) in [6.07, 6.45) is 3.82. The lowest BCUT2D eigenvalue weighted by Gasteiger charge is -2.26. The average molecular weight is 247 g/mol. The van der Waals surface area contributed by atoms with Gasteiger partial charge in [-0.2, -0.15) is 0 Å². The number of amidine groups is 1. The predicted octanol–water partition coefficient (Wildman–Crippen LogP) is 0.905. The molecule has 1 aliphatic rings. The Morgan fingerprint density at radius 3 is 2.44 bits per heavy atom. The third-order valence-corrected chi connectivity index (χ3v) is 5.74. The molecule has 16 heavy (non-hydrogen) atoms. The van der Waals surface area contributed by atoms with Crippen LogP contribution in [0.25, 0.3) is 0 Å². The zero-order chi connectivity index (χ0) is 12.3. The van der Waals surface area contributed by atoms with Crippen molar-refractivity contribution in [1.29, 1.82) is 5.41 Å². The summed E-state index contributed by atoms with van der Waals surface area (Å²) >= 11 is 0. The number of sulfonamides is 1. The number of nitrogens with two attached hydrogens (primary N) is 1. The summed E-state index contributed by atoms with van der Waals surface area (Å²) in [4.78, 5) is 0. The van der Waals surface area contributed by atoms with Gasteiger partial charge in [-0.25, -0.2) is 12.7 Å². The minimum absolute atomic E-state index is 0.0287. The molecule has 0 amide bonds. The maximum absolute atomic E-state index is 12.2. The van der Waals surface area contributed by atoms with Crippen LogP contribution < -0.4 is 5.73 Å². The van der Waals surface area contributed by atoms with Gasteiger partial charge in [0.2, 0.25) is 10.0 Å². The fraction of sp³-hybridized carbons (Fsp3) is 0.900. The third-order valence-electron chi connectivity index (χ3n) is 3.26. The van der Waals surface area contributed by atoms with Gasteiger partial charge in [-0.15, -0.1) is 0 Å². The molecular formula is C10H21N3O2S.